The summed E-state index contributed by atoms with van der Waals surface area (Å²) in [5.41, 5.74) is 3.13. The maximum absolute atomic E-state index is 12.2. The van der Waals surface area contributed by atoms with Crippen molar-refractivity contribution in [3.8, 4) is 5.75 Å². The minimum Gasteiger partial charge on any atom is -0.497 e. The summed E-state index contributed by atoms with van der Waals surface area (Å²) in [6.45, 7) is 5.64. The summed E-state index contributed by atoms with van der Waals surface area (Å²) in [7, 11) is 1.68. The van der Waals surface area contributed by atoms with Gasteiger partial charge in [0.1, 0.15) is 5.75 Å². The molecule has 3 rings (SSSR count). The highest BCUT2D eigenvalue weighted by molar-refractivity contribution is 6.01. The van der Waals surface area contributed by atoms with Crippen molar-refractivity contribution in [2.75, 3.05) is 43.1 Å². The normalized spacial score (nSPS) is 14.6. The molecule has 2 aromatic rings. The maximum atomic E-state index is 12.2. The molecule has 1 aliphatic heterocycles. The van der Waals surface area contributed by atoms with Gasteiger partial charge in [0.2, 0.25) is 0 Å². The van der Waals surface area contributed by atoms with Gasteiger partial charge < -0.3 is 14.5 Å². The molecule has 0 amide bonds. The predicted octanol–water partition coefficient (Wildman–Crippen LogP) is 3.61. The minimum absolute atomic E-state index is 0.211. The van der Waals surface area contributed by atoms with E-state index in [-0.39, 0.29) is 5.78 Å². The number of piperazine rings is 1. The molecule has 0 unspecified atom stereocenters. The van der Waals surface area contributed by atoms with Crippen molar-refractivity contribution in [1.29, 1.82) is 0 Å². The second-order valence-corrected chi connectivity index (χ2v) is 5.97. The van der Waals surface area contributed by atoms with Gasteiger partial charge in [0.05, 0.1) is 7.11 Å². The number of ether oxygens (including phenoxy) is 1. The Morgan fingerprint density at radius 3 is 2.21 bits per heavy atom. The Hall–Kier alpha value is -2.49. The number of Topliss-reactive ketones (excluding diaryl/α,β-unsaturated/α-hetero) is 1. The van der Waals surface area contributed by atoms with Crippen molar-refractivity contribution in [2.45, 2.75) is 13.3 Å². The molecule has 0 N–H and O–H groups in total. The summed E-state index contributed by atoms with van der Waals surface area (Å²) >= 11 is 0. The highest BCUT2D eigenvalue weighted by atomic mass is 16.5. The fraction of sp³-hybridized carbons (Fsp3) is 0.350. The molecule has 0 radical (unpaired) electrons. The SMILES string of the molecule is CCC(=O)c1ccccc1N1CCN(c2ccc(OC)cc2)CC1. The van der Waals surface area contributed by atoms with E-state index >= 15 is 0 Å². The van der Waals surface area contributed by atoms with E-state index < -0.39 is 0 Å². The van der Waals surface area contributed by atoms with Crippen LogP contribution in [-0.2, 0) is 0 Å². The van der Waals surface area contributed by atoms with Crippen LogP contribution in [0.4, 0.5) is 11.4 Å². The standard InChI is InChI=1S/C20H24N2O2/c1-3-20(23)18-6-4-5-7-19(18)22-14-12-21(13-15-22)16-8-10-17(24-2)11-9-16/h4-11H,3,12-15H2,1-2H3. The van der Waals surface area contributed by atoms with Gasteiger partial charge in [-0.2, -0.15) is 0 Å². The number of methoxy groups -OCH3 is 1. The topological polar surface area (TPSA) is 32.8 Å². The van der Waals surface area contributed by atoms with Crippen molar-refractivity contribution in [1.82, 2.24) is 0 Å². The van der Waals surface area contributed by atoms with E-state index in [2.05, 4.69) is 28.0 Å². The molecule has 0 saturated carbocycles. The number of hydrogen-bond acceptors (Lipinski definition) is 4. The third-order valence-electron chi connectivity index (χ3n) is 4.58. The lowest BCUT2D eigenvalue weighted by atomic mass is 10.0. The molecule has 2 aromatic carbocycles. The highest BCUT2D eigenvalue weighted by Crippen LogP contribution is 2.25. The van der Waals surface area contributed by atoms with Crippen LogP contribution in [0.25, 0.3) is 0 Å². The van der Waals surface area contributed by atoms with Crippen LogP contribution in [0, 0.1) is 0 Å². The average Bonchev–Trinajstić information content (AvgIpc) is 2.67. The van der Waals surface area contributed by atoms with Gasteiger partial charge in [-0.3, -0.25) is 4.79 Å². The molecule has 4 nitrogen and oxygen atoms in total. The summed E-state index contributed by atoms with van der Waals surface area (Å²) in [6, 6.07) is 16.2. The Kier molecular flexibility index (Phi) is 5.04. The first-order chi connectivity index (χ1) is 11.7. The van der Waals surface area contributed by atoms with Crippen LogP contribution in [0.15, 0.2) is 48.5 Å². The minimum atomic E-state index is 0.211. The van der Waals surface area contributed by atoms with Crippen molar-refractivity contribution in [3.63, 3.8) is 0 Å². The molecule has 0 aliphatic carbocycles. The van der Waals surface area contributed by atoms with Crippen LogP contribution in [0.3, 0.4) is 0 Å². The number of carbonyl (C=O) groups is 1. The Balaban J connectivity index is 1.70. The van der Waals surface area contributed by atoms with E-state index in [1.807, 2.05) is 37.3 Å². The fourth-order valence-corrected chi connectivity index (χ4v) is 3.17. The number of para-hydroxylation sites is 1. The lowest BCUT2D eigenvalue weighted by molar-refractivity contribution is 0.0988. The molecule has 4 heteroatoms. The number of nitrogens with zero attached hydrogens (tertiary/aromatic N) is 2. The van der Waals surface area contributed by atoms with Gasteiger partial charge in [-0.15, -0.1) is 0 Å². The molecule has 0 spiro atoms. The number of ketones is 1. The Bertz CT molecular complexity index is 689. The summed E-state index contributed by atoms with van der Waals surface area (Å²) in [4.78, 5) is 16.9. The molecule has 126 valence electrons. The van der Waals surface area contributed by atoms with Crippen molar-refractivity contribution >= 4 is 17.2 Å². The largest absolute Gasteiger partial charge is 0.497 e. The second kappa shape index (κ2) is 7.39. The van der Waals surface area contributed by atoms with Gasteiger partial charge in [0.25, 0.3) is 0 Å². The summed E-state index contributed by atoms with van der Waals surface area (Å²) in [6.07, 6.45) is 0.544. The van der Waals surface area contributed by atoms with E-state index in [0.717, 1.165) is 43.2 Å². The van der Waals surface area contributed by atoms with Crippen molar-refractivity contribution < 1.29 is 9.53 Å². The van der Waals surface area contributed by atoms with Crippen molar-refractivity contribution in [3.05, 3.63) is 54.1 Å². The van der Waals surface area contributed by atoms with Gasteiger partial charge in [0, 0.05) is 49.5 Å². The predicted molar refractivity (Wildman–Crippen MR) is 98.5 cm³/mol. The van der Waals surface area contributed by atoms with Crippen LogP contribution in [0.5, 0.6) is 5.75 Å². The summed E-state index contributed by atoms with van der Waals surface area (Å²) in [5.74, 6) is 1.09. The average molecular weight is 324 g/mol. The number of benzene rings is 2. The van der Waals surface area contributed by atoms with Gasteiger partial charge in [0.15, 0.2) is 5.78 Å². The Morgan fingerprint density at radius 2 is 1.58 bits per heavy atom. The fourth-order valence-electron chi connectivity index (χ4n) is 3.17. The van der Waals surface area contributed by atoms with Gasteiger partial charge >= 0.3 is 0 Å². The van der Waals surface area contributed by atoms with Crippen LogP contribution >= 0.6 is 0 Å². The van der Waals surface area contributed by atoms with Gasteiger partial charge in [-0.05, 0) is 36.4 Å². The smallest absolute Gasteiger partial charge is 0.164 e. The number of carbonyl (C=O) groups excluding carboxylic acids is 1. The highest BCUT2D eigenvalue weighted by Gasteiger charge is 2.21. The first-order valence-corrected chi connectivity index (χ1v) is 8.49. The Morgan fingerprint density at radius 1 is 0.958 bits per heavy atom. The third-order valence-corrected chi connectivity index (χ3v) is 4.58. The quantitative estimate of drug-likeness (QED) is 0.787. The van der Waals surface area contributed by atoms with Gasteiger partial charge in [-0.25, -0.2) is 0 Å². The summed E-state index contributed by atoms with van der Waals surface area (Å²) in [5, 5.41) is 0. The van der Waals surface area contributed by atoms with E-state index in [9.17, 15) is 4.79 Å². The van der Waals surface area contributed by atoms with E-state index in [4.69, 9.17) is 4.74 Å². The molecule has 0 atom stereocenters. The number of hydrogen-bond donors (Lipinski definition) is 0. The van der Waals surface area contributed by atoms with Crippen LogP contribution in [-0.4, -0.2) is 39.1 Å². The molecule has 1 fully saturated rings. The maximum Gasteiger partial charge on any atom is 0.164 e. The van der Waals surface area contributed by atoms with Crippen LogP contribution < -0.4 is 14.5 Å². The Labute approximate surface area is 143 Å². The van der Waals surface area contributed by atoms with E-state index in [1.165, 1.54) is 5.69 Å². The lowest BCUT2D eigenvalue weighted by Crippen LogP contribution is -2.47. The zero-order chi connectivity index (χ0) is 16.9. The molecule has 0 bridgehead atoms. The monoisotopic (exact) mass is 324 g/mol. The molecule has 24 heavy (non-hydrogen) atoms. The molecular formula is C20H24N2O2. The second-order valence-electron chi connectivity index (χ2n) is 5.97. The van der Waals surface area contributed by atoms with E-state index in [1.54, 1.807) is 7.11 Å². The molecular weight excluding hydrogens is 300 g/mol. The number of anilines is 2. The van der Waals surface area contributed by atoms with Crippen LogP contribution in [0.1, 0.15) is 23.7 Å². The third kappa shape index (κ3) is 3.37. The summed E-state index contributed by atoms with van der Waals surface area (Å²) < 4.78 is 5.22. The zero-order valence-corrected chi connectivity index (χ0v) is 14.4. The van der Waals surface area contributed by atoms with E-state index in [0.29, 0.717) is 6.42 Å². The first-order valence-electron chi connectivity index (χ1n) is 8.49. The number of rotatable bonds is 5. The lowest BCUT2D eigenvalue weighted by Gasteiger charge is -2.38. The molecule has 1 heterocycles. The van der Waals surface area contributed by atoms with Crippen LogP contribution in [0.2, 0.25) is 0 Å². The molecule has 1 saturated heterocycles. The van der Waals surface area contributed by atoms with Crippen molar-refractivity contribution in [2.24, 2.45) is 0 Å². The molecule has 1 aliphatic rings. The first kappa shape index (κ1) is 16.4. The molecule has 0 aromatic heterocycles. The zero-order valence-electron chi connectivity index (χ0n) is 14.4. The van der Waals surface area contributed by atoms with Gasteiger partial charge in [-0.1, -0.05) is 19.1 Å².